The Hall–Kier alpha value is -2.59. The van der Waals surface area contributed by atoms with Crippen LogP contribution in [0.3, 0.4) is 0 Å². The van der Waals surface area contributed by atoms with E-state index in [1.54, 1.807) is 11.8 Å². The van der Waals surface area contributed by atoms with Gasteiger partial charge in [0, 0.05) is 29.8 Å². The lowest BCUT2D eigenvalue weighted by molar-refractivity contribution is 0.204. The monoisotopic (exact) mass is 389 g/mol. The molecule has 1 saturated carbocycles. The van der Waals surface area contributed by atoms with Gasteiger partial charge < -0.3 is 5.41 Å². The fourth-order valence-electron chi connectivity index (χ4n) is 4.58. The zero-order valence-corrected chi connectivity index (χ0v) is 17.0. The minimum absolute atomic E-state index is 0.0778. The van der Waals surface area contributed by atoms with E-state index in [2.05, 4.69) is 36.1 Å². The van der Waals surface area contributed by atoms with Crippen LogP contribution in [0.1, 0.15) is 24.8 Å². The van der Waals surface area contributed by atoms with Gasteiger partial charge in [-0.1, -0.05) is 25.1 Å². The fraction of sp³-hybridized carbons (Fsp3) is 0.455. The second-order valence-electron chi connectivity index (χ2n) is 7.33. The van der Waals surface area contributed by atoms with Gasteiger partial charge in [-0.2, -0.15) is 15.8 Å². The second-order valence-corrected chi connectivity index (χ2v) is 8.21. The quantitative estimate of drug-likeness (QED) is 0.620. The first-order chi connectivity index (χ1) is 13.6. The van der Waals surface area contributed by atoms with Crippen LogP contribution in [0.5, 0.6) is 0 Å². The van der Waals surface area contributed by atoms with E-state index in [0.717, 1.165) is 35.5 Å². The summed E-state index contributed by atoms with van der Waals surface area (Å²) in [5.74, 6) is -1.39. The van der Waals surface area contributed by atoms with E-state index in [0.29, 0.717) is 6.54 Å². The Labute approximate surface area is 170 Å². The van der Waals surface area contributed by atoms with Gasteiger partial charge in [-0.05, 0) is 42.5 Å². The van der Waals surface area contributed by atoms with E-state index < -0.39 is 17.3 Å². The van der Waals surface area contributed by atoms with Gasteiger partial charge in [0.1, 0.15) is 5.92 Å². The first-order valence-corrected chi connectivity index (χ1v) is 10.7. The van der Waals surface area contributed by atoms with E-state index in [9.17, 15) is 15.8 Å². The normalized spacial score (nSPS) is 26.3. The first kappa shape index (κ1) is 20.2. The molecule has 0 saturated heterocycles. The van der Waals surface area contributed by atoms with Crippen molar-refractivity contribution in [3.05, 3.63) is 41.5 Å². The van der Waals surface area contributed by atoms with Crippen molar-refractivity contribution in [2.24, 2.45) is 17.3 Å². The Bertz CT molecular complexity index is 915. The van der Waals surface area contributed by atoms with Crippen molar-refractivity contribution in [2.75, 3.05) is 25.9 Å². The van der Waals surface area contributed by atoms with Gasteiger partial charge >= 0.3 is 0 Å². The molecule has 1 aromatic rings. The van der Waals surface area contributed by atoms with Crippen LogP contribution < -0.4 is 0 Å². The fourth-order valence-corrected chi connectivity index (χ4v) is 5.05. The molecule has 0 aromatic heterocycles. The van der Waals surface area contributed by atoms with Gasteiger partial charge in [0.05, 0.1) is 23.9 Å². The SMILES string of the molecule is CCCN1CC=C2C(C#N)C(=N)C(C#N)(C#N)[C@H](c3cccc(SC)c3)[C@H]2C1. The van der Waals surface area contributed by atoms with Crippen molar-refractivity contribution in [3.8, 4) is 18.2 Å². The van der Waals surface area contributed by atoms with Crippen LogP contribution in [0.25, 0.3) is 0 Å². The topological polar surface area (TPSA) is 98.5 Å². The molecule has 1 N–H and O–H groups in total. The molecule has 1 aliphatic heterocycles. The van der Waals surface area contributed by atoms with Crippen LogP contribution in [0, 0.1) is 56.7 Å². The first-order valence-electron chi connectivity index (χ1n) is 9.43. The van der Waals surface area contributed by atoms with Crippen LogP contribution in [-0.2, 0) is 0 Å². The summed E-state index contributed by atoms with van der Waals surface area (Å²) in [6.07, 6.45) is 5.06. The standard InChI is InChI=1S/C22H23N5S/c1-3-8-27-9-7-17-18(11-23)21(26)22(13-24,14-25)20(19(17)12-27)15-5-4-6-16(10-15)28-2/h4-7,10,18-20,26H,3,8-9,12H2,1-2H3/t18?,19-,20+/m0/s1. The third kappa shape index (κ3) is 3.12. The Kier molecular flexibility index (Phi) is 5.90. The largest absolute Gasteiger partial charge is 0.305 e. The molecule has 0 bridgehead atoms. The average molecular weight is 390 g/mol. The van der Waals surface area contributed by atoms with Crippen LogP contribution in [0.15, 0.2) is 40.8 Å². The average Bonchev–Trinajstić information content (AvgIpc) is 2.73. The highest BCUT2D eigenvalue weighted by Crippen LogP contribution is 2.53. The highest BCUT2D eigenvalue weighted by atomic mass is 32.2. The van der Waals surface area contributed by atoms with E-state index in [-0.39, 0.29) is 11.6 Å². The molecule has 3 rings (SSSR count). The molecule has 5 nitrogen and oxygen atoms in total. The maximum Gasteiger partial charge on any atom is 0.189 e. The lowest BCUT2D eigenvalue weighted by Crippen LogP contribution is -2.52. The van der Waals surface area contributed by atoms with Gasteiger partial charge in [-0.3, -0.25) is 4.90 Å². The highest BCUT2D eigenvalue weighted by Gasteiger charge is 2.57. The minimum Gasteiger partial charge on any atom is -0.305 e. The van der Waals surface area contributed by atoms with Crippen molar-refractivity contribution in [1.82, 2.24) is 4.90 Å². The third-order valence-corrected chi connectivity index (χ3v) is 6.58. The molecule has 142 valence electrons. The number of nitrogens with one attached hydrogen (secondary N) is 1. The number of thioether (sulfide) groups is 1. The van der Waals surface area contributed by atoms with Crippen LogP contribution >= 0.6 is 11.8 Å². The molecule has 28 heavy (non-hydrogen) atoms. The lowest BCUT2D eigenvalue weighted by Gasteiger charge is -2.47. The van der Waals surface area contributed by atoms with Gasteiger partial charge in [0.15, 0.2) is 5.41 Å². The summed E-state index contributed by atoms with van der Waals surface area (Å²) in [6, 6.07) is 14.4. The van der Waals surface area contributed by atoms with Gasteiger partial charge in [0.2, 0.25) is 0 Å². The van der Waals surface area contributed by atoms with Gasteiger partial charge in [-0.15, -0.1) is 11.8 Å². The number of nitrogens with zero attached hydrogens (tertiary/aromatic N) is 4. The van der Waals surface area contributed by atoms with Crippen molar-refractivity contribution < 1.29 is 0 Å². The van der Waals surface area contributed by atoms with Crippen LogP contribution in [0.2, 0.25) is 0 Å². The Balaban J connectivity index is 2.22. The summed E-state index contributed by atoms with van der Waals surface area (Å²) in [5.41, 5.74) is 0.0890. The number of hydrogen-bond donors (Lipinski definition) is 1. The van der Waals surface area contributed by atoms with E-state index in [1.165, 1.54) is 0 Å². The van der Waals surface area contributed by atoms with Crippen LogP contribution in [0.4, 0.5) is 0 Å². The smallest absolute Gasteiger partial charge is 0.189 e. The Morgan fingerprint density at radius 1 is 1.29 bits per heavy atom. The summed E-state index contributed by atoms with van der Waals surface area (Å²) in [6.45, 7) is 4.50. The lowest BCUT2D eigenvalue weighted by atomic mass is 9.54. The zero-order valence-electron chi connectivity index (χ0n) is 16.1. The Morgan fingerprint density at radius 2 is 2.04 bits per heavy atom. The second kappa shape index (κ2) is 8.19. The molecule has 1 heterocycles. The third-order valence-electron chi connectivity index (χ3n) is 5.86. The molecule has 0 amide bonds. The molecule has 0 radical (unpaired) electrons. The summed E-state index contributed by atoms with van der Waals surface area (Å²) >= 11 is 1.61. The van der Waals surface area contributed by atoms with Crippen molar-refractivity contribution in [1.29, 1.82) is 21.2 Å². The molecular formula is C22H23N5S. The molecule has 1 aliphatic carbocycles. The predicted octanol–water partition coefficient (Wildman–Crippen LogP) is 3.97. The van der Waals surface area contributed by atoms with Gasteiger partial charge in [0.25, 0.3) is 0 Å². The molecule has 1 aromatic carbocycles. The number of hydrogen-bond acceptors (Lipinski definition) is 6. The number of nitriles is 3. The molecule has 1 unspecified atom stereocenters. The zero-order chi connectivity index (χ0) is 20.3. The van der Waals surface area contributed by atoms with Crippen LogP contribution in [-0.4, -0.2) is 36.5 Å². The molecule has 0 spiro atoms. The van der Waals surface area contributed by atoms with Gasteiger partial charge in [-0.25, -0.2) is 0 Å². The maximum atomic E-state index is 10.1. The van der Waals surface area contributed by atoms with E-state index >= 15 is 0 Å². The molecule has 2 aliphatic rings. The van der Waals surface area contributed by atoms with Crippen molar-refractivity contribution in [3.63, 3.8) is 0 Å². The number of fused-ring (bicyclic) bond motifs is 1. The summed E-state index contributed by atoms with van der Waals surface area (Å²) in [4.78, 5) is 3.37. The van der Waals surface area contributed by atoms with Crippen molar-refractivity contribution in [2.45, 2.75) is 24.2 Å². The minimum atomic E-state index is -1.63. The predicted molar refractivity (Wildman–Crippen MR) is 110 cm³/mol. The van der Waals surface area contributed by atoms with Crippen molar-refractivity contribution >= 4 is 17.5 Å². The summed E-state index contributed by atoms with van der Waals surface area (Å²) in [5, 5.41) is 38.6. The summed E-state index contributed by atoms with van der Waals surface area (Å²) in [7, 11) is 0. The highest BCUT2D eigenvalue weighted by molar-refractivity contribution is 7.98. The van der Waals surface area contributed by atoms with E-state index in [1.807, 2.05) is 30.5 Å². The molecule has 1 fully saturated rings. The summed E-state index contributed by atoms with van der Waals surface area (Å²) < 4.78 is 0. The van der Waals surface area contributed by atoms with E-state index in [4.69, 9.17) is 5.41 Å². The number of benzene rings is 1. The molecule has 3 atom stereocenters. The molecule has 6 heteroatoms. The maximum absolute atomic E-state index is 10.1. The number of rotatable bonds is 4. The molecular weight excluding hydrogens is 366 g/mol. The Morgan fingerprint density at radius 3 is 2.64 bits per heavy atom.